The molecule has 0 bridgehead atoms. The maximum absolute atomic E-state index is 11.0. The van der Waals surface area contributed by atoms with Crippen LogP contribution in [0.1, 0.15) is 19.3 Å². The molecule has 0 spiro atoms. The Morgan fingerprint density at radius 1 is 1.50 bits per heavy atom. The minimum atomic E-state index is -0.0393. The maximum Gasteiger partial charge on any atom is 0.233 e. The molecule has 0 aliphatic carbocycles. The Balaban J connectivity index is 2.20. The standard InChI is InChI=1S/C10H21N3O/c1-13-5-2-3-9(4-6-13)8-12-10(14)7-11/h9H,2-8,11H2,1H3,(H,12,14). The highest BCUT2D eigenvalue weighted by atomic mass is 16.1. The van der Waals surface area contributed by atoms with Crippen LogP contribution in [0.5, 0.6) is 0 Å². The summed E-state index contributed by atoms with van der Waals surface area (Å²) in [5.74, 6) is 0.595. The first kappa shape index (κ1) is 11.5. The minimum Gasteiger partial charge on any atom is -0.355 e. The van der Waals surface area contributed by atoms with Gasteiger partial charge < -0.3 is 16.0 Å². The molecular weight excluding hydrogens is 178 g/mol. The molecule has 1 rings (SSSR count). The van der Waals surface area contributed by atoms with E-state index in [9.17, 15) is 4.79 Å². The molecule has 0 aromatic rings. The van der Waals surface area contributed by atoms with Crippen molar-refractivity contribution in [3.63, 3.8) is 0 Å². The van der Waals surface area contributed by atoms with Crippen LogP contribution < -0.4 is 11.1 Å². The number of likely N-dealkylation sites (tertiary alicyclic amines) is 1. The summed E-state index contributed by atoms with van der Waals surface area (Å²) in [7, 11) is 2.15. The van der Waals surface area contributed by atoms with E-state index < -0.39 is 0 Å². The number of carbonyl (C=O) groups is 1. The molecule has 1 saturated heterocycles. The van der Waals surface area contributed by atoms with Gasteiger partial charge in [-0.3, -0.25) is 4.79 Å². The van der Waals surface area contributed by atoms with E-state index in [4.69, 9.17) is 5.73 Å². The van der Waals surface area contributed by atoms with Gasteiger partial charge in [0, 0.05) is 6.54 Å². The van der Waals surface area contributed by atoms with Crippen LogP contribution in [0, 0.1) is 5.92 Å². The van der Waals surface area contributed by atoms with Crippen molar-refractivity contribution in [1.29, 1.82) is 0 Å². The lowest BCUT2D eigenvalue weighted by Gasteiger charge is -2.15. The van der Waals surface area contributed by atoms with Crippen LogP contribution >= 0.6 is 0 Å². The van der Waals surface area contributed by atoms with Gasteiger partial charge in [-0.1, -0.05) is 0 Å². The number of nitrogens with zero attached hydrogens (tertiary/aromatic N) is 1. The van der Waals surface area contributed by atoms with Crippen LogP contribution in [0.3, 0.4) is 0 Å². The number of carbonyl (C=O) groups excluding carboxylic acids is 1. The molecule has 82 valence electrons. The molecule has 1 unspecified atom stereocenters. The molecule has 3 N–H and O–H groups in total. The third-order valence-electron chi connectivity index (χ3n) is 2.84. The molecule has 0 aromatic carbocycles. The van der Waals surface area contributed by atoms with Crippen molar-refractivity contribution in [3.05, 3.63) is 0 Å². The van der Waals surface area contributed by atoms with Crippen LogP contribution in [0.4, 0.5) is 0 Å². The highest BCUT2D eigenvalue weighted by molar-refractivity contribution is 5.77. The van der Waals surface area contributed by atoms with Crippen LogP contribution in [0.15, 0.2) is 0 Å². The van der Waals surface area contributed by atoms with Gasteiger partial charge in [-0.05, 0) is 45.3 Å². The molecule has 0 radical (unpaired) electrons. The Kier molecular flexibility index (Phi) is 4.90. The molecule has 1 fully saturated rings. The third-order valence-corrected chi connectivity index (χ3v) is 2.84. The summed E-state index contributed by atoms with van der Waals surface area (Å²) in [6, 6.07) is 0. The summed E-state index contributed by atoms with van der Waals surface area (Å²) in [6.07, 6.45) is 3.64. The summed E-state index contributed by atoms with van der Waals surface area (Å²) in [4.78, 5) is 13.3. The monoisotopic (exact) mass is 199 g/mol. The summed E-state index contributed by atoms with van der Waals surface area (Å²) in [6.45, 7) is 3.22. The second-order valence-corrected chi connectivity index (χ2v) is 4.11. The van der Waals surface area contributed by atoms with E-state index >= 15 is 0 Å². The van der Waals surface area contributed by atoms with E-state index in [2.05, 4.69) is 17.3 Å². The van der Waals surface area contributed by atoms with Gasteiger partial charge in [-0.15, -0.1) is 0 Å². The molecule has 1 atom stereocenters. The zero-order chi connectivity index (χ0) is 10.4. The van der Waals surface area contributed by atoms with E-state index in [0.29, 0.717) is 5.92 Å². The van der Waals surface area contributed by atoms with Gasteiger partial charge in [0.25, 0.3) is 0 Å². The smallest absolute Gasteiger partial charge is 0.233 e. The molecule has 0 aromatic heterocycles. The van der Waals surface area contributed by atoms with Crippen molar-refractivity contribution in [2.24, 2.45) is 11.7 Å². The minimum absolute atomic E-state index is 0.0393. The van der Waals surface area contributed by atoms with Crippen molar-refractivity contribution < 1.29 is 4.79 Å². The van der Waals surface area contributed by atoms with Gasteiger partial charge in [0.05, 0.1) is 6.54 Å². The Labute approximate surface area is 85.8 Å². The average molecular weight is 199 g/mol. The van der Waals surface area contributed by atoms with Gasteiger partial charge in [0.2, 0.25) is 5.91 Å². The van der Waals surface area contributed by atoms with Crippen LogP contribution in [0.25, 0.3) is 0 Å². The first-order valence-electron chi connectivity index (χ1n) is 5.37. The molecule has 1 amide bonds. The first-order chi connectivity index (χ1) is 6.72. The zero-order valence-electron chi connectivity index (χ0n) is 8.96. The second kappa shape index (κ2) is 5.98. The normalized spacial score (nSPS) is 24.3. The van der Waals surface area contributed by atoms with Gasteiger partial charge >= 0.3 is 0 Å². The van der Waals surface area contributed by atoms with Gasteiger partial charge in [0.15, 0.2) is 0 Å². The number of hydrogen-bond acceptors (Lipinski definition) is 3. The van der Waals surface area contributed by atoms with Gasteiger partial charge in [-0.25, -0.2) is 0 Å². The highest BCUT2D eigenvalue weighted by Gasteiger charge is 2.14. The Morgan fingerprint density at radius 3 is 3.00 bits per heavy atom. The third kappa shape index (κ3) is 4.07. The fourth-order valence-corrected chi connectivity index (χ4v) is 1.84. The van der Waals surface area contributed by atoms with Crippen LogP contribution in [-0.2, 0) is 4.79 Å². The van der Waals surface area contributed by atoms with E-state index in [0.717, 1.165) is 13.1 Å². The average Bonchev–Trinajstić information content (AvgIpc) is 2.39. The summed E-state index contributed by atoms with van der Waals surface area (Å²) < 4.78 is 0. The lowest BCUT2D eigenvalue weighted by molar-refractivity contribution is -0.119. The lowest BCUT2D eigenvalue weighted by Crippen LogP contribution is -2.34. The number of amides is 1. The van der Waals surface area contributed by atoms with Crippen LogP contribution in [-0.4, -0.2) is 44.0 Å². The predicted octanol–water partition coefficient (Wildman–Crippen LogP) is -0.207. The first-order valence-corrected chi connectivity index (χ1v) is 5.37. The fourth-order valence-electron chi connectivity index (χ4n) is 1.84. The van der Waals surface area contributed by atoms with Crippen LogP contribution in [0.2, 0.25) is 0 Å². The summed E-state index contributed by atoms with van der Waals surface area (Å²) >= 11 is 0. The number of rotatable bonds is 3. The van der Waals surface area contributed by atoms with Gasteiger partial charge in [0.1, 0.15) is 0 Å². The molecular formula is C10H21N3O. The maximum atomic E-state index is 11.0. The number of nitrogens with one attached hydrogen (secondary N) is 1. The molecule has 1 aliphatic heterocycles. The molecule has 1 heterocycles. The van der Waals surface area contributed by atoms with Crippen molar-refractivity contribution in [2.45, 2.75) is 19.3 Å². The molecule has 14 heavy (non-hydrogen) atoms. The predicted molar refractivity (Wildman–Crippen MR) is 56.9 cm³/mol. The van der Waals surface area contributed by atoms with Crippen molar-refractivity contribution in [3.8, 4) is 0 Å². The van der Waals surface area contributed by atoms with Crippen molar-refractivity contribution in [1.82, 2.24) is 10.2 Å². The van der Waals surface area contributed by atoms with Crippen molar-refractivity contribution >= 4 is 5.91 Å². The largest absolute Gasteiger partial charge is 0.355 e. The lowest BCUT2D eigenvalue weighted by atomic mass is 10.0. The van der Waals surface area contributed by atoms with Crippen molar-refractivity contribution in [2.75, 3.05) is 33.2 Å². The zero-order valence-corrected chi connectivity index (χ0v) is 8.96. The highest BCUT2D eigenvalue weighted by Crippen LogP contribution is 2.15. The SMILES string of the molecule is CN1CCCC(CNC(=O)CN)CC1. The molecule has 4 nitrogen and oxygen atoms in total. The topological polar surface area (TPSA) is 58.4 Å². The molecule has 4 heteroatoms. The van der Waals surface area contributed by atoms with Gasteiger partial charge in [-0.2, -0.15) is 0 Å². The number of hydrogen-bond donors (Lipinski definition) is 2. The summed E-state index contributed by atoms with van der Waals surface area (Å²) in [5, 5.41) is 2.86. The Bertz CT molecular complexity index is 184. The molecule has 0 saturated carbocycles. The summed E-state index contributed by atoms with van der Waals surface area (Å²) in [5.41, 5.74) is 5.22. The van der Waals surface area contributed by atoms with E-state index in [-0.39, 0.29) is 12.5 Å². The van der Waals surface area contributed by atoms with E-state index in [1.54, 1.807) is 0 Å². The number of nitrogens with two attached hydrogens (primary N) is 1. The molecule has 1 aliphatic rings. The Morgan fingerprint density at radius 2 is 2.29 bits per heavy atom. The van der Waals surface area contributed by atoms with E-state index in [1.165, 1.54) is 25.8 Å². The fraction of sp³-hybridized carbons (Fsp3) is 0.900. The quantitative estimate of drug-likeness (QED) is 0.661. The second-order valence-electron chi connectivity index (χ2n) is 4.11. The van der Waals surface area contributed by atoms with E-state index in [1.807, 2.05) is 0 Å². The Hall–Kier alpha value is -0.610.